The number of ether oxygens (including phenoxy) is 1. The number of esters is 1. The van der Waals surface area contributed by atoms with Crippen molar-refractivity contribution in [3.05, 3.63) is 27.6 Å². The van der Waals surface area contributed by atoms with E-state index in [1.54, 1.807) is 0 Å². The lowest BCUT2D eigenvalue weighted by molar-refractivity contribution is -0.152. The van der Waals surface area contributed by atoms with E-state index in [-0.39, 0.29) is 24.2 Å². The minimum absolute atomic E-state index is 0.00789. The quantitative estimate of drug-likeness (QED) is 0.806. The smallest absolute Gasteiger partial charge is 0.326 e. The van der Waals surface area contributed by atoms with Gasteiger partial charge in [-0.15, -0.1) is 11.3 Å². The predicted octanol–water partition coefficient (Wildman–Crippen LogP) is 3.14. The first-order valence-electron chi connectivity index (χ1n) is 8.24. The summed E-state index contributed by atoms with van der Waals surface area (Å²) in [6, 6.07) is 1.87. The zero-order chi connectivity index (χ0) is 16.4. The van der Waals surface area contributed by atoms with Crippen LogP contribution in [-0.4, -0.2) is 21.6 Å². The first kappa shape index (κ1) is 16.2. The van der Waals surface area contributed by atoms with E-state index in [4.69, 9.17) is 4.74 Å². The number of hydrogen-bond donors (Lipinski definition) is 0. The number of aromatic nitrogens is 2. The minimum atomic E-state index is -0.349. The fourth-order valence-corrected chi connectivity index (χ4v) is 4.07. The van der Waals surface area contributed by atoms with Crippen molar-refractivity contribution in [2.75, 3.05) is 0 Å². The molecule has 0 aliphatic heterocycles. The summed E-state index contributed by atoms with van der Waals surface area (Å²) < 4.78 is 6.89. The Hall–Kier alpha value is -1.69. The Morgan fingerprint density at radius 1 is 1.48 bits per heavy atom. The third-order valence-corrected chi connectivity index (χ3v) is 5.59. The van der Waals surface area contributed by atoms with Gasteiger partial charge < -0.3 is 4.74 Å². The molecule has 0 N–H and O–H groups in total. The van der Waals surface area contributed by atoms with Crippen LogP contribution in [0.25, 0.3) is 10.2 Å². The molecule has 1 aliphatic rings. The van der Waals surface area contributed by atoms with Gasteiger partial charge in [-0.3, -0.25) is 14.2 Å². The molecule has 0 bridgehead atoms. The summed E-state index contributed by atoms with van der Waals surface area (Å²) in [5, 5.41) is 0.591. The van der Waals surface area contributed by atoms with Crippen molar-refractivity contribution in [1.29, 1.82) is 0 Å². The highest BCUT2D eigenvalue weighted by molar-refractivity contribution is 7.18. The minimum Gasteiger partial charge on any atom is -0.461 e. The molecule has 6 heteroatoms. The number of rotatable bonds is 4. The largest absolute Gasteiger partial charge is 0.461 e. The molecule has 23 heavy (non-hydrogen) atoms. The normalized spacial score (nSPS) is 21.5. The molecule has 2 unspecified atom stereocenters. The van der Waals surface area contributed by atoms with E-state index in [1.807, 2.05) is 13.0 Å². The van der Waals surface area contributed by atoms with E-state index in [9.17, 15) is 9.59 Å². The zero-order valence-corrected chi connectivity index (χ0v) is 14.4. The molecule has 2 aromatic rings. The second kappa shape index (κ2) is 6.83. The second-order valence-corrected chi connectivity index (χ2v) is 7.46. The monoisotopic (exact) mass is 334 g/mol. The lowest BCUT2D eigenvalue weighted by atomic mass is 9.89. The van der Waals surface area contributed by atoms with Crippen LogP contribution in [0.5, 0.6) is 0 Å². The fraction of sp³-hybridized carbons (Fsp3) is 0.588. The van der Waals surface area contributed by atoms with Crippen LogP contribution in [-0.2, 0) is 22.5 Å². The van der Waals surface area contributed by atoms with Crippen LogP contribution >= 0.6 is 11.3 Å². The molecule has 0 radical (unpaired) electrons. The molecule has 0 aromatic carbocycles. The Morgan fingerprint density at radius 2 is 2.30 bits per heavy atom. The molecule has 124 valence electrons. The second-order valence-electron chi connectivity index (χ2n) is 6.35. The number of fused-ring (bicyclic) bond motifs is 1. The topological polar surface area (TPSA) is 61.2 Å². The number of carbonyl (C=O) groups excluding carboxylic acids is 1. The Balaban J connectivity index is 1.72. The highest BCUT2D eigenvalue weighted by Crippen LogP contribution is 2.26. The number of aryl methyl sites for hydroxylation is 1. The van der Waals surface area contributed by atoms with E-state index in [0.29, 0.717) is 11.3 Å². The third kappa shape index (κ3) is 3.63. The van der Waals surface area contributed by atoms with Gasteiger partial charge in [-0.2, -0.15) is 0 Å². The standard InChI is InChI=1S/C17H22N2O3S/c1-3-13-8-14-16(23-13)18-10-19(17(14)21)9-15(20)22-12-6-4-5-11(2)7-12/h8,10-12H,3-7,9H2,1-2H3. The van der Waals surface area contributed by atoms with E-state index in [1.165, 1.54) is 28.7 Å². The third-order valence-electron chi connectivity index (χ3n) is 4.40. The van der Waals surface area contributed by atoms with Crippen LogP contribution in [0.2, 0.25) is 0 Å². The molecular weight excluding hydrogens is 312 g/mol. The maximum Gasteiger partial charge on any atom is 0.326 e. The van der Waals surface area contributed by atoms with E-state index in [2.05, 4.69) is 11.9 Å². The van der Waals surface area contributed by atoms with Crippen molar-refractivity contribution in [2.24, 2.45) is 5.92 Å². The Kier molecular flexibility index (Phi) is 4.80. The van der Waals surface area contributed by atoms with Crippen molar-refractivity contribution < 1.29 is 9.53 Å². The maximum atomic E-state index is 12.5. The molecule has 2 aromatic heterocycles. The van der Waals surface area contributed by atoms with E-state index < -0.39 is 0 Å². The van der Waals surface area contributed by atoms with Gasteiger partial charge >= 0.3 is 5.97 Å². The summed E-state index contributed by atoms with van der Waals surface area (Å²) in [5.41, 5.74) is -0.167. The van der Waals surface area contributed by atoms with Crippen molar-refractivity contribution >= 4 is 27.5 Å². The van der Waals surface area contributed by atoms with Crippen molar-refractivity contribution in [2.45, 2.75) is 58.6 Å². The molecule has 5 nitrogen and oxygen atoms in total. The number of thiophene rings is 1. The first-order valence-corrected chi connectivity index (χ1v) is 9.05. The van der Waals surface area contributed by atoms with E-state index >= 15 is 0 Å². The van der Waals surface area contributed by atoms with Gasteiger partial charge in [-0.25, -0.2) is 4.98 Å². The fourth-order valence-electron chi connectivity index (χ4n) is 3.14. The lowest BCUT2D eigenvalue weighted by Gasteiger charge is -2.26. The van der Waals surface area contributed by atoms with Crippen LogP contribution in [0.4, 0.5) is 0 Å². The average Bonchev–Trinajstić information content (AvgIpc) is 2.94. The Morgan fingerprint density at radius 3 is 3.04 bits per heavy atom. The summed E-state index contributed by atoms with van der Waals surface area (Å²) in [6.45, 7) is 4.17. The summed E-state index contributed by atoms with van der Waals surface area (Å²) in [4.78, 5) is 30.7. The molecule has 0 saturated heterocycles. The number of carbonyl (C=O) groups is 1. The average molecular weight is 334 g/mol. The summed E-state index contributed by atoms with van der Waals surface area (Å²) in [7, 11) is 0. The van der Waals surface area contributed by atoms with Gasteiger partial charge in [0.05, 0.1) is 11.7 Å². The summed E-state index contributed by atoms with van der Waals surface area (Å²) in [6.07, 6.45) is 6.46. The van der Waals surface area contributed by atoms with Crippen molar-refractivity contribution in [3.63, 3.8) is 0 Å². The number of nitrogens with zero attached hydrogens (tertiary/aromatic N) is 2. The highest BCUT2D eigenvalue weighted by atomic mass is 32.1. The van der Waals surface area contributed by atoms with Gasteiger partial charge in [0.1, 0.15) is 17.5 Å². The lowest BCUT2D eigenvalue weighted by Crippen LogP contribution is -2.30. The van der Waals surface area contributed by atoms with Gasteiger partial charge in [0, 0.05) is 4.88 Å². The SMILES string of the molecule is CCc1cc2c(=O)n(CC(=O)OC3CCCC(C)C3)cnc2s1. The first-order chi connectivity index (χ1) is 11.1. The highest BCUT2D eigenvalue weighted by Gasteiger charge is 2.22. The molecule has 2 heterocycles. The van der Waals surface area contributed by atoms with Crippen LogP contribution < -0.4 is 5.56 Å². The van der Waals surface area contributed by atoms with Gasteiger partial charge in [0.2, 0.25) is 0 Å². The number of hydrogen-bond acceptors (Lipinski definition) is 5. The zero-order valence-electron chi connectivity index (χ0n) is 13.6. The Bertz CT molecular complexity index is 765. The van der Waals surface area contributed by atoms with Gasteiger partial charge in [-0.1, -0.05) is 20.3 Å². The Labute approximate surface area is 139 Å². The van der Waals surface area contributed by atoms with Crippen LogP contribution in [0.15, 0.2) is 17.2 Å². The van der Waals surface area contributed by atoms with E-state index in [0.717, 1.165) is 35.4 Å². The molecule has 3 rings (SSSR count). The van der Waals surface area contributed by atoms with Crippen molar-refractivity contribution in [1.82, 2.24) is 9.55 Å². The maximum absolute atomic E-state index is 12.5. The van der Waals surface area contributed by atoms with Crippen LogP contribution in [0.3, 0.4) is 0 Å². The van der Waals surface area contributed by atoms with Crippen LogP contribution in [0.1, 0.15) is 44.4 Å². The molecule has 0 spiro atoms. The molecule has 0 amide bonds. The molecular formula is C17H22N2O3S. The van der Waals surface area contributed by atoms with Crippen molar-refractivity contribution in [3.8, 4) is 0 Å². The summed E-state index contributed by atoms with van der Waals surface area (Å²) >= 11 is 1.53. The predicted molar refractivity (Wildman–Crippen MR) is 90.8 cm³/mol. The van der Waals surface area contributed by atoms with Gasteiger partial charge in [0.15, 0.2) is 0 Å². The van der Waals surface area contributed by atoms with Gasteiger partial charge in [-0.05, 0) is 37.7 Å². The molecule has 2 atom stereocenters. The summed E-state index contributed by atoms with van der Waals surface area (Å²) in [5.74, 6) is 0.249. The van der Waals surface area contributed by atoms with Crippen LogP contribution in [0, 0.1) is 5.92 Å². The molecule has 1 fully saturated rings. The molecule has 1 aliphatic carbocycles. The molecule has 1 saturated carbocycles. The van der Waals surface area contributed by atoms with Gasteiger partial charge in [0.25, 0.3) is 5.56 Å².